The Labute approximate surface area is 185 Å². The Morgan fingerprint density at radius 3 is 2.22 bits per heavy atom. The van der Waals surface area contributed by atoms with Crippen molar-refractivity contribution in [2.75, 3.05) is 5.32 Å². The minimum absolute atomic E-state index is 0.721. The van der Waals surface area contributed by atoms with Crippen LogP contribution < -0.4 is 15.9 Å². The van der Waals surface area contributed by atoms with Gasteiger partial charge in [-0.2, -0.15) is 0 Å². The molecule has 0 amide bonds. The summed E-state index contributed by atoms with van der Waals surface area (Å²) in [6, 6.07) is 36.8. The zero-order valence-electron chi connectivity index (χ0n) is 17.3. The lowest BCUT2D eigenvalue weighted by molar-refractivity contribution is 1.38. The van der Waals surface area contributed by atoms with E-state index in [1.54, 1.807) is 0 Å². The molecule has 4 aromatic carbocycles. The lowest BCUT2D eigenvalue weighted by Gasteiger charge is -2.10. The number of nitrogens with zero attached hydrogens (tertiary/aromatic N) is 2. The van der Waals surface area contributed by atoms with E-state index < -0.39 is 0 Å². The van der Waals surface area contributed by atoms with E-state index in [1.165, 1.54) is 0 Å². The van der Waals surface area contributed by atoms with Crippen LogP contribution in [0.1, 0.15) is 5.56 Å². The normalized spacial score (nSPS) is 13.9. The molecule has 4 nitrogen and oxygen atoms in total. The summed E-state index contributed by atoms with van der Waals surface area (Å²) in [6.07, 6.45) is 0. The number of aromatic nitrogens is 1. The Bertz CT molecular complexity index is 1580. The first-order valence-electron chi connectivity index (χ1n) is 10.6. The molecule has 0 saturated carbocycles. The van der Waals surface area contributed by atoms with E-state index >= 15 is 0 Å². The molecule has 0 atom stereocenters. The maximum absolute atomic E-state index is 4.94. The Morgan fingerprint density at radius 2 is 1.38 bits per heavy atom. The molecule has 2 N–H and O–H groups in total. The summed E-state index contributed by atoms with van der Waals surface area (Å²) < 4.78 is 0. The number of H-pyrrole nitrogens is 1. The quantitative estimate of drug-likeness (QED) is 0.404. The highest BCUT2D eigenvalue weighted by molar-refractivity contribution is 6.29. The Morgan fingerprint density at radius 1 is 0.688 bits per heavy atom. The van der Waals surface area contributed by atoms with E-state index in [9.17, 15) is 0 Å². The number of rotatable bonds is 4. The van der Waals surface area contributed by atoms with Crippen LogP contribution in [0.2, 0.25) is 0 Å². The van der Waals surface area contributed by atoms with Gasteiger partial charge in [0.15, 0.2) is 5.84 Å². The number of amidine groups is 1. The fourth-order valence-electron chi connectivity index (χ4n) is 4.19. The van der Waals surface area contributed by atoms with Gasteiger partial charge in [-0.15, -0.1) is 0 Å². The molecule has 0 aliphatic carbocycles. The molecule has 0 radical (unpaired) electrons. The van der Waals surface area contributed by atoms with Gasteiger partial charge in [-0.25, -0.2) is 9.98 Å². The van der Waals surface area contributed by atoms with Gasteiger partial charge in [0, 0.05) is 32.9 Å². The molecule has 1 aromatic heterocycles. The van der Waals surface area contributed by atoms with Crippen molar-refractivity contribution < 1.29 is 0 Å². The third-order valence-corrected chi connectivity index (χ3v) is 5.61. The van der Waals surface area contributed by atoms with Gasteiger partial charge in [0.05, 0.1) is 11.0 Å². The van der Waals surface area contributed by atoms with Crippen LogP contribution in [0.3, 0.4) is 0 Å². The molecule has 5 aromatic rings. The van der Waals surface area contributed by atoms with Gasteiger partial charge in [-0.05, 0) is 36.4 Å². The summed E-state index contributed by atoms with van der Waals surface area (Å²) in [7, 11) is 0. The molecule has 1 aliphatic heterocycles. The maximum Gasteiger partial charge on any atom is 0.161 e. The standard InChI is InChI=1S/C28H20N4/c1-3-11-19(12-4-1)29-27-25(21-15-7-9-17-23(21)31-27)26-22-16-8-10-18-24(22)32-28(26)30-20-13-5-2-6-14-20/h1-18,29,31H. The number of fused-ring (bicyclic) bond motifs is 2. The van der Waals surface area contributed by atoms with Crippen LogP contribution in [0.5, 0.6) is 0 Å². The predicted molar refractivity (Wildman–Crippen MR) is 131 cm³/mol. The number of aromatic amines is 1. The third kappa shape index (κ3) is 3.19. The molecule has 0 spiro atoms. The molecular formula is C28H20N4. The number of hydrogen-bond acceptors (Lipinski definition) is 2. The number of benzene rings is 4. The molecular weight excluding hydrogens is 392 g/mol. The number of hydrogen-bond donors (Lipinski definition) is 2. The first-order valence-corrected chi connectivity index (χ1v) is 10.6. The fourth-order valence-corrected chi connectivity index (χ4v) is 4.19. The number of para-hydroxylation sites is 4. The highest BCUT2D eigenvalue weighted by atomic mass is 15.0. The Hall–Kier alpha value is -4.44. The van der Waals surface area contributed by atoms with E-state index in [0.717, 1.165) is 55.6 Å². The highest BCUT2D eigenvalue weighted by Crippen LogP contribution is 2.35. The minimum Gasteiger partial charge on any atom is -0.341 e. The fraction of sp³-hybridized carbons (Fsp3) is 0. The van der Waals surface area contributed by atoms with E-state index in [-0.39, 0.29) is 0 Å². The van der Waals surface area contributed by atoms with Crippen LogP contribution in [0.25, 0.3) is 16.5 Å². The van der Waals surface area contributed by atoms with Gasteiger partial charge in [0.1, 0.15) is 5.82 Å². The summed E-state index contributed by atoms with van der Waals surface area (Å²) in [4.78, 5) is 13.4. The second-order valence-corrected chi connectivity index (χ2v) is 7.69. The van der Waals surface area contributed by atoms with Crippen molar-refractivity contribution >= 4 is 39.5 Å². The van der Waals surface area contributed by atoms with Crippen LogP contribution in [-0.2, 0) is 0 Å². The highest BCUT2D eigenvalue weighted by Gasteiger charge is 2.23. The van der Waals surface area contributed by atoms with Crippen molar-refractivity contribution in [2.24, 2.45) is 9.98 Å². The van der Waals surface area contributed by atoms with E-state index in [2.05, 4.69) is 52.8 Å². The monoisotopic (exact) mass is 412 g/mol. The van der Waals surface area contributed by atoms with Crippen LogP contribution in [-0.4, -0.2) is 10.8 Å². The van der Waals surface area contributed by atoms with Gasteiger partial charge in [-0.3, -0.25) is 0 Å². The molecule has 0 saturated heterocycles. The molecule has 0 unspecified atom stereocenters. The van der Waals surface area contributed by atoms with Gasteiger partial charge in [0.2, 0.25) is 0 Å². The van der Waals surface area contributed by atoms with Crippen molar-refractivity contribution in [3.8, 4) is 0 Å². The Kier molecular flexibility index (Phi) is 4.40. The van der Waals surface area contributed by atoms with Crippen molar-refractivity contribution in [1.29, 1.82) is 0 Å². The largest absolute Gasteiger partial charge is 0.341 e. The van der Waals surface area contributed by atoms with E-state index in [0.29, 0.717) is 0 Å². The SMILES string of the molecule is c1ccc(N=C2N=c3ccccc3=C2c2c(Nc3ccccc3)[nH]c3ccccc23)cc1. The number of aliphatic imine (C=N–C) groups is 1. The number of anilines is 2. The van der Waals surface area contributed by atoms with Gasteiger partial charge < -0.3 is 10.3 Å². The molecule has 32 heavy (non-hydrogen) atoms. The number of nitrogens with one attached hydrogen (secondary N) is 2. The summed E-state index contributed by atoms with van der Waals surface area (Å²) in [5, 5.41) is 6.74. The second-order valence-electron chi connectivity index (χ2n) is 7.69. The summed E-state index contributed by atoms with van der Waals surface area (Å²) in [5.74, 6) is 1.65. The van der Waals surface area contributed by atoms with E-state index in [1.807, 2.05) is 66.7 Å². The first kappa shape index (κ1) is 18.3. The third-order valence-electron chi connectivity index (χ3n) is 5.61. The first-order chi connectivity index (χ1) is 15.9. The topological polar surface area (TPSA) is 52.5 Å². The molecule has 2 heterocycles. The molecule has 4 heteroatoms. The van der Waals surface area contributed by atoms with Crippen molar-refractivity contribution in [3.63, 3.8) is 0 Å². The van der Waals surface area contributed by atoms with E-state index in [4.69, 9.17) is 9.98 Å². The van der Waals surface area contributed by atoms with Crippen LogP contribution in [0, 0.1) is 0 Å². The zero-order chi connectivity index (χ0) is 21.3. The average Bonchev–Trinajstić information content (AvgIpc) is 3.37. The molecule has 152 valence electrons. The summed E-state index contributed by atoms with van der Waals surface area (Å²) in [6.45, 7) is 0. The molecule has 1 aliphatic rings. The predicted octanol–water partition coefficient (Wildman–Crippen LogP) is 5.47. The maximum atomic E-state index is 4.94. The van der Waals surface area contributed by atoms with Gasteiger partial charge in [-0.1, -0.05) is 72.8 Å². The van der Waals surface area contributed by atoms with Crippen LogP contribution >= 0.6 is 0 Å². The van der Waals surface area contributed by atoms with Crippen molar-refractivity contribution in [1.82, 2.24) is 4.98 Å². The van der Waals surface area contributed by atoms with Crippen LogP contribution in [0.4, 0.5) is 17.2 Å². The van der Waals surface area contributed by atoms with Crippen LogP contribution in [0.15, 0.2) is 119 Å². The second kappa shape index (κ2) is 7.67. The lowest BCUT2D eigenvalue weighted by Crippen LogP contribution is -2.22. The smallest absolute Gasteiger partial charge is 0.161 e. The van der Waals surface area contributed by atoms with Gasteiger partial charge >= 0.3 is 0 Å². The van der Waals surface area contributed by atoms with Crippen molar-refractivity contribution in [3.05, 3.63) is 125 Å². The minimum atomic E-state index is 0.721. The molecule has 6 rings (SSSR count). The molecule has 0 fully saturated rings. The summed E-state index contributed by atoms with van der Waals surface area (Å²) >= 11 is 0. The van der Waals surface area contributed by atoms with Crippen molar-refractivity contribution in [2.45, 2.75) is 0 Å². The van der Waals surface area contributed by atoms with Gasteiger partial charge in [0.25, 0.3) is 0 Å². The summed E-state index contributed by atoms with van der Waals surface area (Å²) in [5.41, 5.74) is 5.07. The average molecular weight is 412 g/mol. The lowest BCUT2D eigenvalue weighted by atomic mass is 10.0. The zero-order valence-corrected chi connectivity index (χ0v) is 17.3. The Balaban J connectivity index is 1.64. The molecule has 0 bridgehead atoms.